The molecule has 0 aromatic rings. The molecule has 0 bridgehead atoms. The normalized spacial score (nSPS) is 20.5. The van der Waals surface area contributed by atoms with E-state index in [4.69, 9.17) is 13.3 Å². The van der Waals surface area contributed by atoms with Crippen LogP contribution in [0.2, 0.25) is 18.1 Å². The summed E-state index contributed by atoms with van der Waals surface area (Å²) in [6.45, 7) is 12.5. The summed E-state index contributed by atoms with van der Waals surface area (Å²) in [6, 6.07) is 0. The smallest absolute Gasteiger partial charge is 0.264 e. The van der Waals surface area contributed by atoms with Crippen molar-refractivity contribution >= 4 is 18.4 Å². The Morgan fingerprint density at radius 2 is 1.76 bits per heavy atom. The van der Waals surface area contributed by atoms with Gasteiger partial charge in [0.05, 0.1) is 12.9 Å². The minimum Gasteiger partial charge on any atom is -0.414 e. The molecule has 0 unspecified atom stereocenters. The highest BCUT2D eigenvalue weighted by Crippen LogP contribution is 2.37. The van der Waals surface area contributed by atoms with Crippen LogP contribution in [-0.4, -0.2) is 48.9 Å². The summed E-state index contributed by atoms with van der Waals surface area (Å²) in [5.41, 5.74) is 0. The van der Waals surface area contributed by atoms with Gasteiger partial charge in [-0.3, -0.25) is 4.18 Å². The van der Waals surface area contributed by atoms with E-state index in [0.29, 0.717) is 19.8 Å². The lowest BCUT2D eigenvalue weighted by Crippen LogP contribution is -2.45. The van der Waals surface area contributed by atoms with Gasteiger partial charge in [0.2, 0.25) is 0 Å². The largest absolute Gasteiger partial charge is 0.414 e. The van der Waals surface area contributed by atoms with Crippen LogP contribution >= 0.6 is 0 Å². The predicted molar refractivity (Wildman–Crippen MR) is 86.4 cm³/mol. The first-order chi connectivity index (χ1) is 9.42. The van der Waals surface area contributed by atoms with Crippen molar-refractivity contribution in [2.45, 2.75) is 57.8 Å². The average molecular weight is 339 g/mol. The zero-order valence-corrected chi connectivity index (χ0v) is 16.0. The monoisotopic (exact) mass is 338 g/mol. The van der Waals surface area contributed by atoms with E-state index in [0.717, 1.165) is 19.1 Å². The summed E-state index contributed by atoms with van der Waals surface area (Å²) < 4.78 is 39.8. The van der Waals surface area contributed by atoms with Gasteiger partial charge in [0.25, 0.3) is 10.1 Å². The molecule has 0 amide bonds. The molecule has 0 saturated carbocycles. The maximum Gasteiger partial charge on any atom is 0.264 e. The molecule has 21 heavy (non-hydrogen) atoms. The molecular weight excluding hydrogens is 308 g/mol. The van der Waals surface area contributed by atoms with Gasteiger partial charge in [-0.15, -0.1) is 0 Å². The van der Waals surface area contributed by atoms with E-state index in [9.17, 15) is 8.42 Å². The summed E-state index contributed by atoms with van der Waals surface area (Å²) in [5, 5.41) is 0.0956. The quantitative estimate of drug-likeness (QED) is 0.550. The topological polar surface area (TPSA) is 61.8 Å². The Labute approximate surface area is 130 Å². The summed E-state index contributed by atoms with van der Waals surface area (Å²) in [6.07, 6.45) is 2.34. The molecule has 1 heterocycles. The van der Waals surface area contributed by atoms with Crippen LogP contribution in [0.3, 0.4) is 0 Å². The second-order valence-electron chi connectivity index (χ2n) is 7.36. The Morgan fingerprint density at radius 1 is 1.24 bits per heavy atom. The van der Waals surface area contributed by atoms with Crippen LogP contribution < -0.4 is 0 Å². The van der Waals surface area contributed by atoms with Crippen LogP contribution in [0.5, 0.6) is 0 Å². The summed E-state index contributed by atoms with van der Waals surface area (Å²) in [4.78, 5) is 0. The molecule has 0 radical (unpaired) electrons. The number of hydrogen-bond donors (Lipinski definition) is 0. The average Bonchev–Trinajstić information content (AvgIpc) is 2.33. The van der Waals surface area contributed by atoms with Crippen LogP contribution in [-0.2, 0) is 23.5 Å². The third-order valence-corrected chi connectivity index (χ3v) is 9.60. The Balaban J connectivity index is 2.73. The highest BCUT2D eigenvalue weighted by atomic mass is 32.2. The van der Waals surface area contributed by atoms with Crippen LogP contribution in [0.1, 0.15) is 33.6 Å². The van der Waals surface area contributed by atoms with E-state index in [-0.39, 0.29) is 11.0 Å². The molecule has 1 aliphatic rings. The minimum absolute atomic E-state index is 0.0956. The Bertz CT molecular complexity index is 421. The van der Waals surface area contributed by atoms with Crippen molar-refractivity contribution < 1.29 is 21.8 Å². The van der Waals surface area contributed by atoms with Crippen LogP contribution in [0.25, 0.3) is 0 Å². The molecule has 0 aliphatic carbocycles. The number of rotatable bonds is 6. The van der Waals surface area contributed by atoms with Gasteiger partial charge in [0.1, 0.15) is 6.10 Å². The molecule has 1 aliphatic heterocycles. The van der Waals surface area contributed by atoms with Crippen LogP contribution in [0, 0.1) is 5.92 Å². The van der Waals surface area contributed by atoms with Crippen LogP contribution in [0.4, 0.5) is 0 Å². The Kier molecular flexibility index (Phi) is 6.44. The van der Waals surface area contributed by atoms with Gasteiger partial charge < -0.3 is 9.16 Å². The number of ether oxygens (including phenoxy) is 1. The Hall–Kier alpha value is 0.0469. The van der Waals surface area contributed by atoms with Crippen molar-refractivity contribution in [3.63, 3.8) is 0 Å². The SMILES string of the molecule is CC(C)(C)[Si](C)(C)OC[C@H](OS(C)(=O)=O)C1CCOCC1. The van der Waals surface area contributed by atoms with Gasteiger partial charge >= 0.3 is 0 Å². The van der Waals surface area contributed by atoms with Crippen molar-refractivity contribution in [3.05, 3.63) is 0 Å². The molecule has 0 spiro atoms. The zero-order valence-electron chi connectivity index (χ0n) is 14.1. The molecule has 1 saturated heterocycles. The highest BCUT2D eigenvalue weighted by Gasteiger charge is 2.39. The molecule has 1 atom stereocenters. The molecule has 0 N–H and O–H groups in total. The van der Waals surface area contributed by atoms with Crippen molar-refractivity contribution in [2.75, 3.05) is 26.1 Å². The zero-order chi connectivity index (χ0) is 16.3. The maximum absolute atomic E-state index is 11.5. The van der Waals surface area contributed by atoms with Crippen molar-refractivity contribution in [3.8, 4) is 0 Å². The van der Waals surface area contributed by atoms with Gasteiger partial charge in [0, 0.05) is 13.2 Å². The Morgan fingerprint density at radius 3 is 2.19 bits per heavy atom. The van der Waals surface area contributed by atoms with E-state index in [1.807, 2.05) is 0 Å². The maximum atomic E-state index is 11.5. The summed E-state index contributed by atoms with van der Waals surface area (Å²) >= 11 is 0. The molecule has 5 nitrogen and oxygen atoms in total. The van der Waals surface area contributed by atoms with E-state index in [1.54, 1.807) is 0 Å². The minimum atomic E-state index is -3.48. The standard InChI is InChI=1S/C14H30O5SSi/c1-14(2,3)21(5,6)18-11-13(19-20(4,15)16)12-7-9-17-10-8-12/h12-13H,7-11H2,1-6H3/t13-/m0/s1. The first-order valence-corrected chi connectivity index (χ1v) is 12.2. The van der Waals surface area contributed by atoms with E-state index in [2.05, 4.69) is 33.9 Å². The molecule has 126 valence electrons. The first kappa shape index (κ1) is 19.1. The van der Waals surface area contributed by atoms with E-state index in [1.165, 1.54) is 0 Å². The first-order valence-electron chi connectivity index (χ1n) is 7.52. The fourth-order valence-electron chi connectivity index (χ4n) is 2.06. The third kappa shape index (κ3) is 6.36. The van der Waals surface area contributed by atoms with Crippen LogP contribution in [0.15, 0.2) is 0 Å². The fraction of sp³-hybridized carbons (Fsp3) is 1.00. The molecular formula is C14H30O5SSi. The van der Waals surface area contributed by atoms with E-state index < -0.39 is 24.5 Å². The lowest BCUT2D eigenvalue weighted by atomic mass is 9.94. The fourth-order valence-corrected chi connectivity index (χ4v) is 3.74. The summed E-state index contributed by atoms with van der Waals surface area (Å²) in [5.74, 6) is 0.179. The van der Waals surface area contributed by atoms with Gasteiger partial charge in [-0.1, -0.05) is 20.8 Å². The molecule has 1 rings (SSSR count). The van der Waals surface area contributed by atoms with Crippen molar-refractivity contribution in [1.29, 1.82) is 0 Å². The molecule has 7 heteroatoms. The van der Waals surface area contributed by atoms with Gasteiger partial charge in [-0.2, -0.15) is 8.42 Å². The predicted octanol–water partition coefficient (Wildman–Crippen LogP) is 2.78. The second kappa shape index (κ2) is 7.08. The number of hydrogen-bond acceptors (Lipinski definition) is 5. The van der Waals surface area contributed by atoms with Gasteiger partial charge in [0.15, 0.2) is 8.32 Å². The second-order valence-corrected chi connectivity index (χ2v) is 13.8. The van der Waals surface area contributed by atoms with Crippen molar-refractivity contribution in [1.82, 2.24) is 0 Å². The molecule has 0 aromatic heterocycles. The van der Waals surface area contributed by atoms with E-state index >= 15 is 0 Å². The lowest BCUT2D eigenvalue weighted by molar-refractivity contribution is 0.00196. The van der Waals surface area contributed by atoms with Gasteiger partial charge in [-0.05, 0) is 36.9 Å². The molecule has 1 fully saturated rings. The summed E-state index contributed by atoms with van der Waals surface area (Å²) in [7, 11) is -5.39. The third-order valence-electron chi connectivity index (χ3n) is 4.50. The lowest BCUT2D eigenvalue weighted by Gasteiger charge is -2.38. The van der Waals surface area contributed by atoms with Crippen molar-refractivity contribution in [2.24, 2.45) is 5.92 Å². The van der Waals surface area contributed by atoms with Gasteiger partial charge in [-0.25, -0.2) is 0 Å². The highest BCUT2D eigenvalue weighted by molar-refractivity contribution is 7.86. The molecule has 0 aromatic carbocycles.